The highest BCUT2D eigenvalue weighted by molar-refractivity contribution is 5.48. The van der Waals surface area contributed by atoms with Crippen LogP contribution in [0.1, 0.15) is 11.1 Å². The molecule has 0 atom stereocenters. The molecule has 0 spiro atoms. The summed E-state index contributed by atoms with van der Waals surface area (Å²) >= 11 is 0. The second kappa shape index (κ2) is 4.87. The Morgan fingerprint density at radius 1 is 1.41 bits per heavy atom. The Balaban J connectivity index is 2.42. The van der Waals surface area contributed by atoms with E-state index in [0.717, 1.165) is 11.6 Å². The molecule has 3 heteroatoms. The van der Waals surface area contributed by atoms with Crippen LogP contribution in [0.15, 0.2) is 43.2 Å². The van der Waals surface area contributed by atoms with Crippen LogP contribution in [0, 0.1) is 13.8 Å². The highest BCUT2D eigenvalue weighted by atomic mass is 15.2. The van der Waals surface area contributed by atoms with Crippen LogP contribution in [0.3, 0.4) is 0 Å². The molecule has 2 aromatic rings. The van der Waals surface area contributed by atoms with E-state index in [1.54, 1.807) is 6.20 Å². The number of nitrogens with zero attached hydrogens (tertiary/aromatic N) is 2. The molecular weight excluding hydrogens is 210 g/mol. The van der Waals surface area contributed by atoms with Gasteiger partial charge in [-0.1, -0.05) is 18.2 Å². The monoisotopic (exact) mass is 227 g/mol. The molecule has 1 aromatic heterocycles. The highest BCUT2D eigenvalue weighted by Gasteiger charge is 2.06. The maximum atomic E-state index is 4.30. The van der Waals surface area contributed by atoms with Crippen molar-refractivity contribution in [2.45, 2.75) is 13.8 Å². The first-order valence-corrected chi connectivity index (χ1v) is 5.68. The molecule has 0 aliphatic rings. The molecule has 88 valence electrons. The van der Waals surface area contributed by atoms with Crippen LogP contribution >= 0.6 is 0 Å². The zero-order chi connectivity index (χ0) is 12.3. The molecule has 0 radical (unpaired) electrons. The van der Waals surface area contributed by atoms with E-state index in [4.69, 9.17) is 0 Å². The molecule has 0 saturated carbocycles. The van der Waals surface area contributed by atoms with Crippen molar-refractivity contribution in [1.82, 2.24) is 9.55 Å². The summed E-state index contributed by atoms with van der Waals surface area (Å²) in [6.45, 7) is 8.60. The SMILES string of the molecule is C=CCNc1nccn1-c1cc(C)ccc1C. The number of hydrogen-bond acceptors (Lipinski definition) is 2. The largest absolute Gasteiger partial charge is 0.352 e. The second-order valence-corrected chi connectivity index (χ2v) is 4.08. The molecule has 0 bridgehead atoms. The molecule has 0 aliphatic heterocycles. The van der Waals surface area contributed by atoms with Gasteiger partial charge < -0.3 is 5.32 Å². The molecule has 0 aliphatic carbocycles. The normalized spacial score (nSPS) is 10.2. The zero-order valence-corrected chi connectivity index (χ0v) is 10.3. The summed E-state index contributed by atoms with van der Waals surface area (Å²) in [6, 6.07) is 6.41. The van der Waals surface area contributed by atoms with Gasteiger partial charge in [-0.25, -0.2) is 4.98 Å². The molecule has 0 fully saturated rings. The maximum Gasteiger partial charge on any atom is 0.207 e. The fourth-order valence-electron chi connectivity index (χ4n) is 1.77. The molecule has 2 rings (SSSR count). The Hall–Kier alpha value is -2.03. The van der Waals surface area contributed by atoms with Crippen molar-refractivity contribution in [3.63, 3.8) is 0 Å². The minimum atomic E-state index is 0.710. The summed E-state index contributed by atoms with van der Waals surface area (Å²) in [7, 11) is 0. The molecule has 1 aromatic carbocycles. The molecule has 3 nitrogen and oxygen atoms in total. The number of aryl methyl sites for hydroxylation is 2. The van der Waals surface area contributed by atoms with Crippen LogP contribution in [0.5, 0.6) is 0 Å². The summed E-state index contributed by atoms with van der Waals surface area (Å²) in [4.78, 5) is 4.30. The molecule has 0 amide bonds. The van der Waals surface area contributed by atoms with E-state index in [0.29, 0.717) is 6.54 Å². The van der Waals surface area contributed by atoms with Gasteiger partial charge >= 0.3 is 0 Å². The van der Waals surface area contributed by atoms with Crippen LogP contribution in [-0.2, 0) is 0 Å². The van der Waals surface area contributed by atoms with E-state index < -0.39 is 0 Å². The second-order valence-electron chi connectivity index (χ2n) is 4.08. The average Bonchev–Trinajstić information content (AvgIpc) is 2.77. The summed E-state index contributed by atoms with van der Waals surface area (Å²) in [5, 5.41) is 3.22. The summed E-state index contributed by atoms with van der Waals surface area (Å²) in [5.41, 5.74) is 3.64. The molecule has 0 saturated heterocycles. The van der Waals surface area contributed by atoms with Crippen molar-refractivity contribution in [3.05, 3.63) is 54.4 Å². The van der Waals surface area contributed by atoms with E-state index in [9.17, 15) is 0 Å². The molecule has 0 unspecified atom stereocenters. The first-order valence-electron chi connectivity index (χ1n) is 5.68. The quantitative estimate of drug-likeness (QED) is 0.813. The number of rotatable bonds is 4. The van der Waals surface area contributed by atoms with Crippen LogP contribution in [-0.4, -0.2) is 16.1 Å². The molecule has 17 heavy (non-hydrogen) atoms. The maximum absolute atomic E-state index is 4.30. The fourth-order valence-corrected chi connectivity index (χ4v) is 1.77. The van der Waals surface area contributed by atoms with Crippen molar-refractivity contribution >= 4 is 5.95 Å². The Morgan fingerprint density at radius 3 is 3.00 bits per heavy atom. The standard InChI is InChI=1S/C14H17N3/c1-4-7-15-14-16-8-9-17(14)13-10-11(2)5-6-12(13)3/h4-6,8-10H,1,7H2,2-3H3,(H,15,16). The first kappa shape index (κ1) is 11.5. The van der Waals surface area contributed by atoms with Crippen LogP contribution in [0.4, 0.5) is 5.95 Å². The van der Waals surface area contributed by atoms with Crippen molar-refractivity contribution in [1.29, 1.82) is 0 Å². The van der Waals surface area contributed by atoms with Crippen LogP contribution in [0.25, 0.3) is 5.69 Å². The minimum absolute atomic E-state index is 0.710. The van der Waals surface area contributed by atoms with Crippen molar-refractivity contribution < 1.29 is 0 Å². The van der Waals surface area contributed by atoms with E-state index in [1.165, 1.54) is 11.1 Å². The Labute approximate surface area is 102 Å². The number of imidazole rings is 1. The van der Waals surface area contributed by atoms with Crippen LogP contribution < -0.4 is 5.32 Å². The Bertz CT molecular complexity index is 526. The van der Waals surface area contributed by atoms with Gasteiger partial charge in [0, 0.05) is 18.9 Å². The molecular formula is C14H17N3. The van der Waals surface area contributed by atoms with Gasteiger partial charge in [0.25, 0.3) is 0 Å². The van der Waals surface area contributed by atoms with Gasteiger partial charge in [-0.3, -0.25) is 4.57 Å². The first-order chi connectivity index (χ1) is 8.22. The van der Waals surface area contributed by atoms with Crippen molar-refractivity contribution in [3.8, 4) is 5.69 Å². The number of nitrogens with one attached hydrogen (secondary N) is 1. The molecule has 1 N–H and O–H groups in total. The summed E-state index contributed by atoms with van der Waals surface area (Å²) in [6.07, 6.45) is 5.59. The van der Waals surface area contributed by atoms with Gasteiger partial charge in [0.05, 0.1) is 5.69 Å². The predicted octanol–water partition coefficient (Wildman–Crippen LogP) is 3.09. The van der Waals surface area contributed by atoms with E-state index in [1.807, 2.05) is 12.3 Å². The third-order valence-corrected chi connectivity index (χ3v) is 2.67. The summed E-state index contributed by atoms with van der Waals surface area (Å²) < 4.78 is 2.06. The fraction of sp³-hybridized carbons (Fsp3) is 0.214. The highest BCUT2D eigenvalue weighted by Crippen LogP contribution is 2.19. The lowest BCUT2D eigenvalue weighted by molar-refractivity contribution is 1.02. The number of anilines is 1. The van der Waals surface area contributed by atoms with E-state index >= 15 is 0 Å². The van der Waals surface area contributed by atoms with Gasteiger partial charge in [0.15, 0.2) is 0 Å². The number of benzene rings is 1. The topological polar surface area (TPSA) is 29.9 Å². The van der Waals surface area contributed by atoms with Gasteiger partial charge in [0.2, 0.25) is 5.95 Å². The van der Waals surface area contributed by atoms with Crippen molar-refractivity contribution in [2.24, 2.45) is 0 Å². The minimum Gasteiger partial charge on any atom is -0.352 e. The zero-order valence-electron chi connectivity index (χ0n) is 10.3. The van der Waals surface area contributed by atoms with Gasteiger partial charge in [0.1, 0.15) is 0 Å². The van der Waals surface area contributed by atoms with Crippen molar-refractivity contribution in [2.75, 3.05) is 11.9 Å². The Morgan fingerprint density at radius 2 is 2.24 bits per heavy atom. The lowest BCUT2D eigenvalue weighted by Gasteiger charge is -2.12. The third-order valence-electron chi connectivity index (χ3n) is 2.67. The predicted molar refractivity (Wildman–Crippen MR) is 71.7 cm³/mol. The average molecular weight is 227 g/mol. The van der Waals surface area contributed by atoms with Gasteiger partial charge in [-0.15, -0.1) is 6.58 Å². The smallest absolute Gasteiger partial charge is 0.207 e. The lowest BCUT2D eigenvalue weighted by Crippen LogP contribution is -2.06. The number of hydrogen-bond donors (Lipinski definition) is 1. The van der Waals surface area contributed by atoms with E-state index in [2.05, 4.69) is 53.5 Å². The van der Waals surface area contributed by atoms with E-state index in [-0.39, 0.29) is 0 Å². The Kier molecular flexibility index (Phi) is 3.28. The number of aromatic nitrogens is 2. The molecule has 1 heterocycles. The van der Waals surface area contributed by atoms with Gasteiger partial charge in [-0.05, 0) is 31.0 Å². The van der Waals surface area contributed by atoms with Gasteiger partial charge in [-0.2, -0.15) is 0 Å². The third kappa shape index (κ3) is 2.38. The summed E-state index contributed by atoms with van der Waals surface area (Å²) in [5.74, 6) is 0.846. The lowest BCUT2D eigenvalue weighted by atomic mass is 10.1. The van der Waals surface area contributed by atoms with Crippen LogP contribution in [0.2, 0.25) is 0 Å².